The molecule has 360 valence electrons. The van der Waals surface area contributed by atoms with Gasteiger partial charge in [-0.1, -0.05) is 30.3 Å². The first-order valence-corrected chi connectivity index (χ1v) is 24.1. The summed E-state index contributed by atoms with van der Waals surface area (Å²) in [5.74, 6) is -0.557. The first-order chi connectivity index (χ1) is 32.4. The molecule has 0 radical (unpaired) electrons. The average molecular weight is 929 g/mol. The highest BCUT2D eigenvalue weighted by molar-refractivity contribution is 6.00. The molecule has 3 aromatic heterocycles. The fraction of sp³-hybridized carbons (Fsp3) is 0.571. The van der Waals surface area contributed by atoms with E-state index >= 15 is 0 Å². The molecular formula is C49H63F3N10O5. The number of likely N-dealkylation sites (tertiary alicyclic amines) is 1. The minimum Gasteiger partial charge on any atom is -0.393 e. The van der Waals surface area contributed by atoms with Crippen molar-refractivity contribution in [1.29, 1.82) is 0 Å². The van der Waals surface area contributed by atoms with Crippen LogP contribution in [0.25, 0.3) is 33.2 Å². The lowest BCUT2D eigenvalue weighted by Gasteiger charge is -2.43. The number of nitrogens with zero attached hydrogens (tertiary/aromatic N) is 8. The quantitative estimate of drug-likeness (QED) is 0.0813. The van der Waals surface area contributed by atoms with E-state index in [4.69, 9.17) is 9.72 Å². The normalized spacial score (nSPS) is 22.8. The number of aliphatic hydroxyl groups excluding tert-OH is 1. The molecule has 2 aromatic carbocycles. The number of imide groups is 1. The predicted octanol–water partition coefficient (Wildman–Crippen LogP) is 5.80. The van der Waals surface area contributed by atoms with E-state index in [0.29, 0.717) is 49.7 Å². The van der Waals surface area contributed by atoms with Gasteiger partial charge >= 0.3 is 11.9 Å². The van der Waals surface area contributed by atoms with Gasteiger partial charge in [-0.25, -0.2) is 9.78 Å². The third kappa shape index (κ3) is 11.1. The zero-order chi connectivity index (χ0) is 46.7. The molecule has 4 fully saturated rings. The second-order valence-corrected chi connectivity index (χ2v) is 19.0. The van der Waals surface area contributed by atoms with Gasteiger partial charge in [0.2, 0.25) is 17.8 Å². The van der Waals surface area contributed by atoms with Gasteiger partial charge in [0, 0.05) is 108 Å². The first-order valence-electron chi connectivity index (χ1n) is 24.1. The summed E-state index contributed by atoms with van der Waals surface area (Å²) < 4.78 is 49.8. The molecule has 67 heavy (non-hydrogen) atoms. The lowest BCUT2D eigenvalue weighted by molar-refractivity contribution is -0.136. The molecule has 3 aliphatic heterocycles. The molecule has 5 aromatic rings. The summed E-state index contributed by atoms with van der Waals surface area (Å²) in [6.07, 6.45) is 5.87. The number of halogens is 3. The SMILES string of the molecule is Cn1c(=O)n(C2CCC(=O)NC2=O)c2ccc(CCCOCCN3CCCC(N4CCN(Cc5ccc(-c6cn([C@H]7CC[C@H](O)CC7)c7nc(NCCC(F)(F)F)ncc67)cc5)CC4)C3)cc21. The summed E-state index contributed by atoms with van der Waals surface area (Å²) >= 11 is 0. The number of aliphatic hydroxyl groups is 1. The molecule has 15 nitrogen and oxygen atoms in total. The number of rotatable bonds is 16. The van der Waals surface area contributed by atoms with Crippen LogP contribution in [0.1, 0.15) is 87.4 Å². The van der Waals surface area contributed by atoms with Crippen LogP contribution in [0.3, 0.4) is 0 Å². The molecule has 6 heterocycles. The number of carbonyl (C=O) groups excluding carboxylic acids is 2. The van der Waals surface area contributed by atoms with Crippen LogP contribution in [-0.4, -0.2) is 139 Å². The number of hydrogen-bond acceptors (Lipinski definition) is 11. The van der Waals surface area contributed by atoms with E-state index in [-0.39, 0.29) is 42.7 Å². The minimum absolute atomic E-state index is 0.135. The smallest absolute Gasteiger partial charge is 0.390 e. The summed E-state index contributed by atoms with van der Waals surface area (Å²) in [6, 6.07) is 14.6. The number of imidazole rings is 1. The van der Waals surface area contributed by atoms with Gasteiger partial charge in [-0.15, -0.1) is 0 Å². The van der Waals surface area contributed by atoms with Gasteiger partial charge in [-0.3, -0.25) is 38.7 Å². The number of nitrogens with one attached hydrogen (secondary N) is 2. The number of ether oxygens (including phenoxy) is 1. The van der Waals surface area contributed by atoms with E-state index in [9.17, 15) is 32.7 Å². The monoisotopic (exact) mass is 928 g/mol. The maximum Gasteiger partial charge on any atom is 0.390 e. The minimum atomic E-state index is -4.26. The second-order valence-electron chi connectivity index (χ2n) is 19.0. The van der Waals surface area contributed by atoms with Crippen LogP contribution in [0, 0.1) is 0 Å². The van der Waals surface area contributed by atoms with E-state index in [1.807, 2.05) is 18.2 Å². The number of benzene rings is 2. The van der Waals surface area contributed by atoms with Gasteiger partial charge in [0.25, 0.3) is 0 Å². The van der Waals surface area contributed by atoms with Crippen molar-refractivity contribution in [2.45, 2.75) is 108 Å². The Morgan fingerprint density at radius 2 is 1.66 bits per heavy atom. The number of piperidine rings is 2. The summed E-state index contributed by atoms with van der Waals surface area (Å²) in [4.78, 5) is 54.2. The van der Waals surface area contributed by atoms with Crippen molar-refractivity contribution in [1.82, 2.24) is 43.7 Å². The van der Waals surface area contributed by atoms with Gasteiger partial charge in [0.1, 0.15) is 11.7 Å². The molecule has 18 heteroatoms. The third-order valence-corrected chi connectivity index (χ3v) is 14.4. The fourth-order valence-corrected chi connectivity index (χ4v) is 10.6. The Labute approximate surface area is 388 Å². The Balaban J connectivity index is 0.718. The number of piperazine rings is 1. The number of amides is 2. The van der Waals surface area contributed by atoms with Crippen LogP contribution in [-0.2, 0) is 34.3 Å². The molecule has 1 saturated carbocycles. The van der Waals surface area contributed by atoms with E-state index in [2.05, 4.69) is 65.3 Å². The van der Waals surface area contributed by atoms with Crippen molar-refractivity contribution in [3.8, 4) is 11.1 Å². The second kappa shape index (κ2) is 20.6. The molecule has 0 bridgehead atoms. The summed E-state index contributed by atoms with van der Waals surface area (Å²) in [5.41, 5.74) is 6.27. The maximum atomic E-state index is 13.1. The fourth-order valence-electron chi connectivity index (χ4n) is 10.6. The van der Waals surface area contributed by atoms with Crippen LogP contribution < -0.4 is 16.3 Å². The summed E-state index contributed by atoms with van der Waals surface area (Å²) in [7, 11) is 1.72. The number of fused-ring (bicyclic) bond motifs is 2. The molecule has 3 N–H and O–H groups in total. The standard InChI is InChI=1S/C49H63F3N10O5/c1-57-43-28-33(8-15-41(43)62(48(57)66)42-16-17-44(64)55-46(42)65)4-3-26-67-27-25-58-20-2-5-37(31-58)60-23-21-59(22-24-60)30-34-6-9-35(10-7-34)40-32-61(36-11-13-38(63)14-12-36)45-39(40)29-54-47(56-45)53-19-18-49(50,51)52/h6-10,15,28-29,32,36-38,42,63H,2-5,11-14,16-27,30-31H2,1H3,(H,53,54,56)(H,55,64,65)/t36-,37?,38-,42?. The molecule has 9 rings (SSSR count). The van der Waals surface area contributed by atoms with Crippen molar-refractivity contribution in [2.75, 3.05) is 70.9 Å². The molecule has 0 spiro atoms. The first kappa shape index (κ1) is 46.9. The highest BCUT2D eigenvalue weighted by Crippen LogP contribution is 2.37. The highest BCUT2D eigenvalue weighted by Gasteiger charge is 2.32. The molecule has 4 aliphatic rings. The van der Waals surface area contributed by atoms with Gasteiger partial charge in [0.05, 0.1) is 30.2 Å². The Kier molecular flexibility index (Phi) is 14.4. The number of alkyl halides is 3. The van der Waals surface area contributed by atoms with Gasteiger partial charge < -0.3 is 19.7 Å². The van der Waals surface area contributed by atoms with Crippen LogP contribution >= 0.6 is 0 Å². The van der Waals surface area contributed by atoms with Crippen molar-refractivity contribution < 1.29 is 32.6 Å². The van der Waals surface area contributed by atoms with Gasteiger partial charge in [0.15, 0.2) is 0 Å². The molecule has 3 saturated heterocycles. The maximum absolute atomic E-state index is 13.1. The van der Waals surface area contributed by atoms with Crippen LogP contribution in [0.15, 0.2) is 59.7 Å². The van der Waals surface area contributed by atoms with Crippen molar-refractivity contribution in [3.05, 3.63) is 76.5 Å². The number of aromatic nitrogens is 5. The number of carbonyl (C=O) groups is 2. The number of anilines is 1. The summed E-state index contributed by atoms with van der Waals surface area (Å²) in [5, 5.41) is 16.1. The Morgan fingerprint density at radius 3 is 2.42 bits per heavy atom. The molecule has 1 aliphatic carbocycles. The highest BCUT2D eigenvalue weighted by atomic mass is 19.4. The number of hydrogen-bond donors (Lipinski definition) is 3. The number of aryl methyl sites for hydroxylation is 2. The Hall–Kier alpha value is -5.14. The van der Waals surface area contributed by atoms with Crippen LogP contribution in [0.2, 0.25) is 0 Å². The lowest BCUT2D eigenvalue weighted by Crippen LogP contribution is -2.55. The molecule has 2 unspecified atom stereocenters. The van der Waals surface area contributed by atoms with Crippen molar-refractivity contribution in [3.63, 3.8) is 0 Å². The topological polar surface area (TPSA) is 155 Å². The van der Waals surface area contributed by atoms with E-state index < -0.39 is 24.5 Å². The zero-order valence-corrected chi connectivity index (χ0v) is 38.4. The Morgan fingerprint density at radius 1 is 0.881 bits per heavy atom. The lowest BCUT2D eigenvalue weighted by atomic mass is 9.93. The van der Waals surface area contributed by atoms with Crippen molar-refractivity contribution >= 4 is 39.8 Å². The van der Waals surface area contributed by atoms with Crippen LogP contribution in [0.5, 0.6) is 0 Å². The molecule has 2 atom stereocenters. The van der Waals surface area contributed by atoms with E-state index in [1.165, 1.54) is 23.0 Å². The summed E-state index contributed by atoms with van der Waals surface area (Å²) in [6.45, 7) is 9.09. The van der Waals surface area contributed by atoms with Gasteiger partial charge in [-0.2, -0.15) is 18.2 Å². The largest absolute Gasteiger partial charge is 0.393 e. The van der Waals surface area contributed by atoms with Gasteiger partial charge in [-0.05, 0) is 93.2 Å². The van der Waals surface area contributed by atoms with E-state index in [0.717, 1.165) is 106 Å². The third-order valence-electron chi connectivity index (χ3n) is 14.4. The van der Waals surface area contributed by atoms with Crippen LogP contribution in [0.4, 0.5) is 19.1 Å². The zero-order valence-electron chi connectivity index (χ0n) is 38.4. The van der Waals surface area contributed by atoms with Crippen molar-refractivity contribution in [2.24, 2.45) is 7.05 Å². The Bertz CT molecular complexity index is 2580. The predicted molar refractivity (Wildman–Crippen MR) is 250 cm³/mol. The molecular weight excluding hydrogens is 866 g/mol. The molecule has 2 amide bonds. The van der Waals surface area contributed by atoms with E-state index in [1.54, 1.807) is 17.8 Å². The average Bonchev–Trinajstić information content (AvgIpc) is 3.81.